The lowest BCUT2D eigenvalue weighted by Gasteiger charge is -2.21. The maximum atomic E-state index is 12.5. The smallest absolute Gasteiger partial charge is 0.416 e. The first-order valence-electron chi connectivity index (χ1n) is 7.06. The quantitative estimate of drug-likeness (QED) is 0.871. The van der Waals surface area contributed by atoms with Gasteiger partial charge in [-0.15, -0.1) is 0 Å². The third-order valence-corrected chi connectivity index (χ3v) is 3.20. The number of rotatable bonds is 6. The fraction of sp³-hybridized carbons (Fsp3) is 0.533. The molecule has 0 radical (unpaired) electrons. The monoisotopic (exact) mass is 319 g/mol. The highest BCUT2D eigenvalue weighted by Gasteiger charge is 2.30. The predicted molar refractivity (Wildman–Crippen MR) is 75.3 cm³/mol. The average Bonchev–Trinajstić information content (AvgIpc) is 2.47. The Morgan fingerprint density at radius 3 is 2.32 bits per heavy atom. The summed E-state index contributed by atoms with van der Waals surface area (Å²) < 4.78 is 42.3. The van der Waals surface area contributed by atoms with Crippen molar-refractivity contribution in [1.29, 1.82) is 0 Å². The Morgan fingerprint density at radius 2 is 1.86 bits per heavy atom. The van der Waals surface area contributed by atoms with E-state index >= 15 is 0 Å². The summed E-state index contributed by atoms with van der Waals surface area (Å²) >= 11 is 0. The fourth-order valence-electron chi connectivity index (χ4n) is 1.93. The molecule has 0 bridgehead atoms. The van der Waals surface area contributed by atoms with Crippen LogP contribution in [0.1, 0.15) is 37.5 Å². The highest BCUT2D eigenvalue weighted by molar-refractivity contribution is 5.67. The molecular formula is C15H20F3NO3. The number of carbonyl (C=O) groups excluding carboxylic acids is 1. The van der Waals surface area contributed by atoms with Crippen LogP contribution in [0.4, 0.5) is 18.0 Å². The molecule has 0 aliphatic rings. The molecule has 1 rings (SSSR count). The van der Waals surface area contributed by atoms with Crippen LogP contribution in [0.5, 0.6) is 0 Å². The summed E-state index contributed by atoms with van der Waals surface area (Å²) in [6, 6.07) is 4.35. The van der Waals surface area contributed by atoms with E-state index in [-0.39, 0.29) is 19.6 Å². The summed E-state index contributed by atoms with van der Waals surface area (Å²) in [5.74, 6) is 0. The van der Waals surface area contributed by atoms with Crippen molar-refractivity contribution in [2.45, 2.75) is 32.5 Å². The first-order chi connectivity index (χ1) is 10.3. The zero-order chi connectivity index (χ0) is 16.8. The van der Waals surface area contributed by atoms with Crippen molar-refractivity contribution in [2.75, 3.05) is 19.7 Å². The summed E-state index contributed by atoms with van der Waals surface area (Å²) in [4.78, 5) is 13.0. The maximum absolute atomic E-state index is 12.5. The van der Waals surface area contributed by atoms with Crippen LogP contribution in [0, 0.1) is 0 Å². The number of aliphatic hydroxyl groups excluding tert-OH is 1. The Kier molecular flexibility index (Phi) is 6.67. The summed E-state index contributed by atoms with van der Waals surface area (Å²) in [5, 5.41) is 10.0. The maximum Gasteiger partial charge on any atom is 0.416 e. The Morgan fingerprint density at radius 1 is 1.27 bits per heavy atom. The predicted octanol–water partition coefficient (Wildman–Crippen LogP) is 3.61. The van der Waals surface area contributed by atoms with Gasteiger partial charge in [-0.3, -0.25) is 0 Å². The Hall–Kier alpha value is -1.76. The molecule has 0 aliphatic heterocycles. The Labute approximate surface area is 127 Å². The number of benzene rings is 1. The van der Waals surface area contributed by atoms with Crippen LogP contribution in [0.2, 0.25) is 0 Å². The van der Waals surface area contributed by atoms with Gasteiger partial charge >= 0.3 is 12.3 Å². The summed E-state index contributed by atoms with van der Waals surface area (Å²) in [7, 11) is 0. The summed E-state index contributed by atoms with van der Waals surface area (Å²) in [6.45, 7) is 4.43. The molecule has 4 nitrogen and oxygen atoms in total. The SMILES string of the molecule is CCOC(=O)N(CC)CCC(O)c1ccc(C(F)(F)F)cc1. The van der Waals surface area contributed by atoms with Gasteiger partial charge < -0.3 is 14.7 Å². The second kappa shape index (κ2) is 8.03. The number of hydrogen-bond acceptors (Lipinski definition) is 3. The van der Waals surface area contributed by atoms with Crippen LogP contribution in [0.15, 0.2) is 24.3 Å². The molecule has 1 aromatic rings. The number of nitrogens with zero attached hydrogens (tertiary/aromatic N) is 1. The van der Waals surface area contributed by atoms with Gasteiger partial charge in [-0.25, -0.2) is 4.79 Å². The van der Waals surface area contributed by atoms with Gasteiger partial charge in [-0.2, -0.15) is 13.2 Å². The highest BCUT2D eigenvalue weighted by Crippen LogP contribution is 2.30. The Bertz CT molecular complexity index is 474. The molecule has 22 heavy (non-hydrogen) atoms. The lowest BCUT2D eigenvalue weighted by atomic mass is 10.0. The zero-order valence-electron chi connectivity index (χ0n) is 12.6. The van der Waals surface area contributed by atoms with Crippen LogP contribution >= 0.6 is 0 Å². The number of amides is 1. The lowest BCUT2D eigenvalue weighted by molar-refractivity contribution is -0.137. The van der Waals surface area contributed by atoms with E-state index in [0.29, 0.717) is 12.1 Å². The van der Waals surface area contributed by atoms with E-state index in [1.807, 2.05) is 0 Å². The van der Waals surface area contributed by atoms with Crippen LogP contribution in [-0.4, -0.2) is 35.8 Å². The largest absolute Gasteiger partial charge is 0.450 e. The summed E-state index contributed by atoms with van der Waals surface area (Å²) in [6.07, 6.45) is -5.58. The van der Waals surface area contributed by atoms with Crippen LogP contribution in [0.3, 0.4) is 0 Å². The standard InChI is InChI=1S/C15H20F3NO3/c1-3-19(14(21)22-4-2)10-9-13(20)11-5-7-12(8-6-11)15(16,17)18/h5-8,13,20H,3-4,9-10H2,1-2H3. The van der Waals surface area contributed by atoms with Crippen molar-refractivity contribution >= 4 is 6.09 Å². The molecule has 1 amide bonds. The van der Waals surface area contributed by atoms with Gasteiger partial charge in [0.1, 0.15) is 0 Å². The van der Waals surface area contributed by atoms with E-state index in [1.165, 1.54) is 17.0 Å². The van der Waals surface area contributed by atoms with Crippen molar-refractivity contribution in [3.05, 3.63) is 35.4 Å². The molecular weight excluding hydrogens is 299 g/mol. The van der Waals surface area contributed by atoms with E-state index in [9.17, 15) is 23.1 Å². The van der Waals surface area contributed by atoms with Gasteiger partial charge in [0.15, 0.2) is 0 Å². The van der Waals surface area contributed by atoms with Gasteiger partial charge in [0.2, 0.25) is 0 Å². The molecule has 124 valence electrons. The Balaban J connectivity index is 2.61. The molecule has 0 spiro atoms. The number of carbonyl (C=O) groups is 1. The van der Waals surface area contributed by atoms with Crippen LogP contribution in [-0.2, 0) is 10.9 Å². The van der Waals surface area contributed by atoms with Gasteiger partial charge in [0, 0.05) is 13.1 Å². The first-order valence-corrected chi connectivity index (χ1v) is 7.06. The van der Waals surface area contributed by atoms with Crippen LogP contribution in [0.25, 0.3) is 0 Å². The first kappa shape index (κ1) is 18.3. The summed E-state index contributed by atoms with van der Waals surface area (Å²) in [5.41, 5.74) is -0.377. The molecule has 0 aliphatic carbocycles. The molecule has 0 saturated carbocycles. The molecule has 1 atom stereocenters. The third-order valence-electron chi connectivity index (χ3n) is 3.20. The van der Waals surface area contributed by atoms with Gasteiger partial charge in [-0.1, -0.05) is 12.1 Å². The molecule has 0 heterocycles. The second-order valence-electron chi connectivity index (χ2n) is 4.70. The van der Waals surface area contributed by atoms with E-state index < -0.39 is 23.9 Å². The van der Waals surface area contributed by atoms with Crippen LogP contribution < -0.4 is 0 Å². The molecule has 1 unspecified atom stereocenters. The van der Waals surface area contributed by atoms with E-state index in [1.54, 1.807) is 13.8 Å². The molecule has 0 aromatic heterocycles. The molecule has 1 aromatic carbocycles. The van der Waals surface area contributed by atoms with Crippen molar-refractivity contribution in [1.82, 2.24) is 4.90 Å². The molecule has 1 N–H and O–H groups in total. The number of alkyl halides is 3. The molecule has 0 fully saturated rings. The van der Waals surface area contributed by atoms with E-state index in [0.717, 1.165) is 12.1 Å². The number of aliphatic hydroxyl groups is 1. The van der Waals surface area contributed by atoms with Gasteiger partial charge in [0.05, 0.1) is 18.3 Å². The topological polar surface area (TPSA) is 49.8 Å². The van der Waals surface area contributed by atoms with E-state index in [2.05, 4.69) is 0 Å². The minimum Gasteiger partial charge on any atom is -0.450 e. The number of halogens is 3. The third kappa shape index (κ3) is 5.22. The van der Waals surface area contributed by atoms with E-state index in [4.69, 9.17) is 4.74 Å². The van der Waals surface area contributed by atoms with Crippen molar-refractivity contribution in [2.24, 2.45) is 0 Å². The van der Waals surface area contributed by atoms with Gasteiger partial charge in [0.25, 0.3) is 0 Å². The van der Waals surface area contributed by atoms with Gasteiger partial charge in [-0.05, 0) is 38.0 Å². The highest BCUT2D eigenvalue weighted by atomic mass is 19.4. The van der Waals surface area contributed by atoms with Crippen molar-refractivity contribution in [3.63, 3.8) is 0 Å². The average molecular weight is 319 g/mol. The normalized spacial score (nSPS) is 12.8. The fourth-order valence-corrected chi connectivity index (χ4v) is 1.93. The zero-order valence-corrected chi connectivity index (χ0v) is 12.6. The molecule has 0 saturated heterocycles. The second-order valence-corrected chi connectivity index (χ2v) is 4.70. The lowest BCUT2D eigenvalue weighted by Crippen LogP contribution is -2.33. The number of ether oxygens (including phenoxy) is 1. The van der Waals surface area contributed by atoms with Crippen molar-refractivity contribution < 1.29 is 27.8 Å². The molecule has 7 heteroatoms. The van der Waals surface area contributed by atoms with Crippen molar-refractivity contribution in [3.8, 4) is 0 Å². The minimum absolute atomic E-state index is 0.220. The number of hydrogen-bond donors (Lipinski definition) is 1. The minimum atomic E-state index is -4.40.